The van der Waals surface area contributed by atoms with Crippen LogP contribution in [-0.2, 0) is 11.2 Å². The molecule has 0 unspecified atom stereocenters. The standard InChI is InChI=1S/C18H16FN5O/c1-12-3-4-14(9-15(12)18-22-10-13(19)11-23-18)24-17(25)6-5-16-20-7-2-8-21-16/h2-4,7-11H,5-6H2,1H3,(H,24,25). The fourth-order valence-corrected chi connectivity index (χ4v) is 2.30. The van der Waals surface area contributed by atoms with Crippen LogP contribution in [0.2, 0.25) is 0 Å². The van der Waals surface area contributed by atoms with E-state index in [9.17, 15) is 9.18 Å². The van der Waals surface area contributed by atoms with Gasteiger partial charge in [-0.2, -0.15) is 0 Å². The summed E-state index contributed by atoms with van der Waals surface area (Å²) >= 11 is 0. The van der Waals surface area contributed by atoms with Gasteiger partial charge in [0, 0.05) is 36.5 Å². The largest absolute Gasteiger partial charge is 0.326 e. The molecule has 1 amide bonds. The van der Waals surface area contributed by atoms with E-state index in [-0.39, 0.29) is 12.3 Å². The molecule has 25 heavy (non-hydrogen) atoms. The summed E-state index contributed by atoms with van der Waals surface area (Å²) in [7, 11) is 0. The Kier molecular flexibility index (Phi) is 5.03. The number of hydrogen-bond donors (Lipinski definition) is 1. The summed E-state index contributed by atoms with van der Waals surface area (Å²) in [6.07, 6.45) is 6.27. The van der Waals surface area contributed by atoms with Crippen LogP contribution >= 0.6 is 0 Å². The van der Waals surface area contributed by atoms with Gasteiger partial charge in [0.25, 0.3) is 0 Å². The van der Waals surface area contributed by atoms with Gasteiger partial charge in [-0.05, 0) is 30.7 Å². The zero-order valence-electron chi connectivity index (χ0n) is 13.6. The van der Waals surface area contributed by atoms with Gasteiger partial charge in [0.2, 0.25) is 5.91 Å². The average Bonchev–Trinajstić information content (AvgIpc) is 2.63. The van der Waals surface area contributed by atoms with Crippen LogP contribution in [-0.4, -0.2) is 25.8 Å². The lowest BCUT2D eigenvalue weighted by atomic mass is 10.1. The first-order valence-electron chi connectivity index (χ1n) is 7.76. The molecule has 3 rings (SSSR count). The van der Waals surface area contributed by atoms with E-state index >= 15 is 0 Å². The lowest BCUT2D eigenvalue weighted by Gasteiger charge is -2.09. The molecule has 0 aliphatic heterocycles. The maximum absolute atomic E-state index is 13.0. The Morgan fingerprint density at radius 2 is 1.84 bits per heavy atom. The summed E-state index contributed by atoms with van der Waals surface area (Å²) in [5, 5.41) is 2.84. The molecule has 0 aliphatic rings. The van der Waals surface area contributed by atoms with Crippen molar-refractivity contribution in [1.29, 1.82) is 0 Å². The lowest BCUT2D eigenvalue weighted by molar-refractivity contribution is -0.116. The van der Waals surface area contributed by atoms with Gasteiger partial charge in [-0.1, -0.05) is 6.07 Å². The van der Waals surface area contributed by atoms with Crippen molar-refractivity contribution in [2.24, 2.45) is 0 Å². The molecular weight excluding hydrogens is 321 g/mol. The number of carbonyl (C=O) groups excluding carboxylic acids is 1. The Balaban J connectivity index is 1.69. The molecule has 0 radical (unpaired) electrons. The van der Waals surface area contributed by atoms with Crippen LogP contribution in [0, 0.1) is 12.7 Å². The molecule has 0 atom stereocenters. The SMILES string of the molecule is Cc1ccc(NC(=O)CCc2ncccn2)cc1-c1ncc(F)cn1. The Hall–Kier alpha value is -3.22. The second-order valence-electron chi connectivity index (χ2n) is 5.47. The van der Waals surface area contributed by atoms with Crippen molar-refractivity contribution < 1.29 is 9.18 Å². The number of anilines is 1. The summed E-state index contributed by atoms with van der Waals surface area (Å²) in [5.41, 5.74) is 2.30. The van der Waals surface area contributed by atoms with Gasteiger partial charge >= 0.3 is 0 Å². The zero-order valence-corrected chi connectivity index (χ0v) is 13.6. The molecule has 0 saturated heterocycles. The monoisotopic (exact) mass is 337 g/mol. The number of amides is 1. The number of nitrogens with zero attached hydrogens (tertiary/aromatic N) is 4. The summed E-state index contributed by atoms with van der Waals surface area (Å²) < 4.78 is 13.0. The first-order valence-corrected chi connectivity index (χ1v) is 7.76. The molecule has 0 fully saturated rings. The van der Waals surface area contributed by atoms with Crippen molar-refractivity contribution in [3.63, 3.8) is 0 Å². The Labute approximate surface area is 144 Å². The van der Waals surface area contributed by atoms with Crippen LogP contribution in [0.1, 0.15) is 17.8 Å². The van der Waals surface area contributed by atoms with Crippen LogP contribution in [0.3, 0.4) is 0 Å². The van der Waals surface area contributed by atoms with Crippen LogP contribution < -0.4 is 5.32 Å². The quantitative estimate of drug-likeness (QED) is 0.774. The number of halogens is 1. The number of aryl methyl sites for hydroxylation is 2. The second kappa shape index (κ2) is 7.57. The van der Waals surface area contributed by atoms with Crippen molar-refractivity contribution in [3.8, 4) is 11.4 Å². The van der Waals surface area contributed by atoms with Gasteiger partial charge in [0.1, 0.15) is 5.82 Å². The fourth-order valence-electron chi connectivity index (χ4n) is 2.30. The third kappa shape index (κ3) is 4.41. The zero-order chi connectivity index (χ0) is 17.6. The van der Waals surface area contributed by atoms with Crippen molar-refractivity contribution >= 4 is 11.6 Å². The van der Waals surface area contributed by atoms with Crippen molar-refractivity contribution in [1.82, 2.24) is 19.9 Å². The minimum Gasteiger partial charge on any atom is -0.326 e. The highest BCUT2D eigenvalue weighted by atomic mass is 19.1. The van der Waals surface area contributed by atoms with Gasteiger partial charge in [0.15, 0.2) is 11.6 Å². The van der Waals surface area contributed by atoms with Crippen molar-refractivity contribution in [2.45, 2.75) is 19.8 Å². The van der Waals surface area contributed by atoms with E-state index < -0.39 is 5.82 Å². The highest BCUT2D eigenvalue weighted by Gasteiger charge is 2.09. The van der Waals surface area contributed by atoms with E-state index in [0.29, 0.717) is 23.8 Å². The van der Waals surface area contributed by atoms with Gasteiger partial charge in [-0.3, -0.25) is 4.79 Å². The normalized spacial score (nSPS) is 10.5. The molecular formula is C18H16FN5O. The predicted octanol–water partition coefficient (Wildman–Crippen LogP) is 2.95. The molecule has 0 spiro atoms. The number of hydrogen-bond acceptors (Lipinski definition) is 5. The molecule has 1 N–H and O–H groups in total. The first kappa shape index (κ1) is 16.6. The maximum Gasteiger partial charge on any atom is 0.224 e. The van der Waals surface area contributed by atoms with Crippen LogP contribution in [0.25, 0.3) is 11.4 Å². The molecule has 0 saturated carbocycles. The van der Waals surface area contributed by atoms with E-state index in [1.807, 2.05) is 13.0 Å². The minimum atomic E-state index is -0.492. The number of rotatable bonds is 5. The molecule has 126 valence electrons. The average molecular weight is 337 g/mol. The first-order chi connectivity index (χ1) is 12.1. The maximum atomic E-state index is 13.0. The smallest absolute Gasteiger partial charge is 0.224 e. The predicted molar refractivity (Wildman–Crippen MR) is 91.1 cm³/mol. The summed E-state index contributed by atoms with van der Waals surface area (Å²) in [4.78, 5) is 28.3. The summed E-state index contributed by atoms with van der Waals surface area (Å²) in [6, 6.07) is 7.17. The van der Waals surface area contributed by atoms with Crippen LogP contribution in [0.5, 0.6) is 0 Å². The summed E-state index contributed by atoms with van der Waals surface area (Å²) in [5.74, 6) is 0.408. The van der Waals surface area contributed by atoms with Crippen LogP contribution in [0.15, 0.2) is 49.1 Å². The molecule has 3 aromatic rings. The molecule has 0 bridgehead atoms. The van der Waals surface area contributed by atoms with Gasteiger partial charge in [-0.15, -0.1) is 0 Å². The molecule has 2 aromatic heterocycles. The second-order valence-corrected chi connectivity index (χ2v) is 5.47. The van der Waals surface area contributed by atoms with Gasteiger partial charge in [0.05, 0.1) is 12.4 Å². The Morgan fingerprint density at radius 1 is 1.12 bits per heavy atom. The topological polar surface area (TPSA) is 80.7 Å². The van der Waals surface area contributed by atoms with E-state index in [0.717, 1.165) is 23.5 Å². The van der Waals surface area contributed by atoms with Crippen LogP contribution in [0.4, 0.5) is 10.1 Å². The highest BCUT2D eigenvalue weighted by molar-refractivity contribution is 5.91. The van der Waals surface area contributed by atoms with Gasteiger partial charge < -0.3 is 5.32 Å². The minimum absolute atomic E-state index is 0.137. The van der Waals surface area contributed by atoms with E-state index in [2.05, 4.69) is 25.3 Å². The fraction of sp³-hybridized carbons (Fsp3) is 0.167. The van der Waals surface area contributed by atoms with E-state index in [1.165, 1.54) is 0 Å². The molecule has 0 aliphatic carbocycles. The molecule has 6 nitrogen and oxygen atoms in total. The van der Waals surface area contributed by atoms with Crippen molar-refractivity contribution in [3.05, 3.63) is 66.3 Å². The lowest BCUT2D eigenvalue weighted by Crippen LogP contribution is -2.13. The summed E-state index contributed by atoms with van der Waals surface area (Å²) in [6.45, 7) is 1.90. The molecule has 7 heteroatoms. The third-order valence-electron chi connectivity index (χ3n) is 3.58. The Bertz CT molecular complexity index is 868. The number of nitrogens with one attached hydrogen (secondary N) is 1. The number of aromatic nitrogens is 4. The number of benzene rings is 1. The number of carbonyl (C=O) groups is 1. The molecule has 1 aromatic carbocycles. The van der Waals surface area contributed by atoms with E-state index in [4.69, 9.17) is 0 Å². The molecule has 2 heterocycles. The van der Waals surface area contributed by atoms with Gasteiger partial charge in [-0.25, -0.2) is 24.3 Å². The van der Waals surface area contributed by atoms with E-state index in [1.54, 1.807) is 30.6 Å². The van der Waals surface area contributed by atoms with Crippen molar-refractivity contribution in [2.75, 3.05) is 5.32 Å². The highest BCUT2D eigenvalue weighted by Crippen LogP contribution is 2.23. The third-order valence-corrected chi connectivity index (χ3v) is 3.58. The Morgan fingerprint density at radius 3 is 2.56 bits per heavy atom.